The van der Waals surface area contributed by atoms with E-state index in [9.17, 15) is 8.42 Å². The summed E-state index contributed by atoms with van der Waals surface area (Å²) in [7, 11) is -3.05. The smallest absolute Gasteiger partial charge is 0.153 e. The van der Waals surface area contributed by atoms with Crippen molar-refractivity contribution in [2.75, 3.05) is 26.0 Å². The normalized spacial score (nSPS) is 12.4. The average molecular weight is 271 g/mol. The lowest BCUT2D eigenvalue weighted by molar-refractivity contribution is 0.311. The second-order valence-electron chi connectivity index (χ2n) is 4.87. The van der Waals surface area contributed by atoms with E-state index < -0.39 is 14.6 Å². The highest BCUT2D eigenvalue weighted by Crippen LogP contribution is 2.13. The minimum absolute atomic E-state index is 0.421. The van der Waals surface area contributed by atoms with Gasteiger partial charge in [0.15, 0.2) is 9.84 Å². The quantitative estimate of drug-likeness (QED) is 0.763. The van der Waals surface area contributed by atoms with E-state index in [1.165, 1.54) is 6.26 Å². The van der Waals surface area contributed by atoms with E-state index in [1.807, 2.05) is 30.3 Å². The van der Waals surface area contributed by atoms with Crippen molar-refractivity contribution in [2.45, 2.75) is 18.6 Å². The van der Waals surface area contributed by atoms with Crippen molar-refractivity contribution in [3.05, 3.63) is 30.3 Å². The van der Waals surface area contributed by atoms with Crippen LogP contribution in [0, 0.1) is 0 Å². The lowest BCUT2D eigenvalue weighted by Gasteiger charge is -2.22. The summed E-state index contributed by atoms with van der Waals surface area (Å²) in [6.45, 7) is 4.99. The van der Waals surface area contributed by atoms with Crippen LogP contribution in [-0.4, -0.2) is 39.1 Å². The van der Waals surface area contributed by atoms with Crippen molar-refractivity contribution in [2.24, 2.45) is 0 Å². The van der Waals surface area contributed by atoms with Gasteiger partial charge >= 0.3 is 0 Å². The Morgan fingerprint density at radius 2 is 1.83 bits per heavy atom. The molecular weight excluding hydrogens is 250 g/mol. The second kappa shape index (κ2) is 6.20. The van der Waals surface area contributed by atoms with Crippen LogP contribution in [0.5, 0.6) is 5.75 Å². The van der Waals surface area contributed by atoms with E-state index in [-0.39, 0.29) is 0 Å². The van der Waals surface area contributed by atoms with E-state index >= 15 is 0 Å². The maximum Gasteiger partial charge on any atom is 0.153 e. The lowest BCUT2D eigenvalue weighted by atomic mass is 10.2. The predicted molar refractivity (Wildman–Crippen MR) is 73.7 cm³/mol. The Morgan fingerprint density at radius 3 is 2.39 bits per heavy atom. The van der Waals surface area contributed by atoms with Crippen molar-refractivity contribution < 1.29 is 13.2 Å². The molecule has 0 atom stereocenters. The van der Waals surface area contributed by atoms with Gasteiger partial charge in [-0.1, -0.05) is 18.2 Å². The van der Waals surface area contributed by atoms with Crippen molar-refractivity contribution >= 4 is 9.84 Å². The molecule has 0 aliphatic heterocycles. The van der Waals surface area contributed by atoms with E-state index in [4.69, 9.17) is 4.74 Å². The minimum Gasteiger partial charge on any atom is -0.492 e. The zero-order chi connectivity index (χ0) is 13.6. The third-order valence-corrected chi connectivity index (χ3v) is 5.00. The first-order chi connectivity index (χ1) is 8.33. The molecule has 0 aromatic heterocycles. The molecule has 0 aliphatic rings. The van der Waals surface area contributed by atoms with Crippen LogP contribution in [0.15, 0.2) is 30.3 Å². The van der Waals surface area contributed by atoms with E-state index in [0.717, 1.165) is 5.75 Å². The molecule has 1 aromatic carbocycles. The van der Waals surface area contributed by atoms with E-state index in [2.05, 4.69) is 5.32 Å². The van der Waals surface area contributed by atoms with Crippen molar-refractivity contribution in [1.29, 1.82) is 0 Å². The number of para-hydroxylation sites is 1. The molecule has 1 rings (SSSR count). The number of ether oxygens (including phenoxy) is 1. The molecule has 18 heavy (non-hydrogen) atoms. The zero-order valence-electron chi connectivity index (χ0n) is 11.1. The Balaban J connectivity index is 2.24. The first-order valence-corrected chi connectivity index (χ1v) is 7.80. The van der Waals surface area contributed by atoms with Gasteiger partial charge in [-0.05, 0) is 26.0 Å². The van der Waals surface area contributed by atoms with Crippen molar-refractivity contribution in [3.63, 3.8) is 0 Å². The van der Waals surface area contributed by atoms with Gasteiger partial charge in [-0.2, -0.15) is 0 Å². The van der Waals surface area contributed by atoms with Crippen LogP contribution in [-0.2, 0) is 9.84 Å². The number of hydrogen-bond acceptors (Lipinski definition) is 4. The predicted octanol–water partition coefficient (Wildman–Crippen LogP) is 1.48. The van der Waals surface area contributed by atoms with Crippen molar-refractivity contribution in [1.82, 2.24) is 5.32 Å². The fourth-order valence-electron chi connectivity index (χ4n) is 1.28. The van der Waals surface area contributed by atoms with Crippen LogP contribution in [0.2, 0.25) is 0 Å². The minimum atomic E-state index is -3.05. The van der Waals surface area contributed by atoms with Gasteiger partial charge < -0.3 is 10.1 Å². The van der Waals surface area contributed by atoms with Crippen LogP contribution < -0.4 is 10.1 Å². The molecule has 5 heteroatoms. The third-order valence-electron chi connectivity index (χ3n) is 2.85. The van der Waals surface area contributed by atoms with Crippen LogP contribution in [0.4, 0.5) is 0 Å². The molecule has 0 saturated heterocycles. The Morgan fingerprint density at radius 1 is 1.22 bits per heavy atom. The summed E-state index contributed by atoms with van der Waals surface area (Å²) in [5.74, 6) is 0.821. The largest absolute Gasteiger partial charge is 0.492 e. The Hall–Kier alpha value is -1.07. The molecule has 0 aliphatic carbocycles. The molecule has 4 nitrogen and oxygen atoms in total. The third kappa shape index (κ3) is 4.66. The Kier molecular flexibility index (Phi) is 5.16. The number of nitrogens with one attached hydrogen (secondary N) is 1. The molecule has 1 aromatic rings. The molecular formula is C13H21NO3S. The fraction of sp³-hybridized carbons (Fsp3) is 0.538. The average Bonchev–Trinajstić information content (AvgIpc) is 2.28. The molecule has 0 amide bonds. The Bertz CT molecular complexity index is 454. The van der Waals surface area contributed by atoms with Gasteiger partial charge in [-0.25, -0.2) is 8.42 Å². The number of benzene rings is 1. The molecule has 0 fully saturated rings. The van der Waals surface area contributed by atoms with Gasteiger partial charge in [0, 0.05) is 19.3 Å². The summed E-state index contributed by atoms with van der Waals surface area (Å²) in [5.41, 5.74) is 0. The topological polar surface area (TPSA) is 55.4 Å². The standard InChI is InChI=1S/C13H21NO3S/c1-13(2,18(3,15)16)11-14-9-10-17-12-7-5-4-6-8-12/h4-8,14H,9-11H2,1-3H3. The van der Waals surface area contributed by atoms with Crippen LogP contribution in [0.1, 0.15) is 13.8 Å². The highest BCUT2D eigenvalue weighted by molar-refractivity contribution is 7.92. The van der Waals surface area contributed by atoms with E-state index in [0.29, 0.717) is 19.7 Å². The highest BCUT2D eigenvalue weighted by Gasteiger charge is 2.29. The first kappa shape index (κ1) is 15.0. The molecule has 0 radical (unpaired) electrons. The van der Waals surface area contributed by atoms with Gasteiger partial charge in [0.05, 0.1) is 4.75 Å². The summed E-state index contributed by atoms with van der Waals surface area (Å²) >= 11 is 0. The van der Waals surface area contributed by atoms with Gasteiger partial charge in [0.2, 0.25) is 0 Å². The van der Waals surface area contributed by atoms with Crippen LogP contribution in [0.25, 0.3) is 0 Å². The molecule has 0 unspecified atom stereocenters. The summed E-state index contributed by atoms with van der Waals surface area (Å²) in [6.07, 6.45) is 1.26. The molecule has 0 saturated carbocycles. The second-order valence-corrected chi connectivity index (χ2v) is 7.52. The summed E-state index contributed by atoms with van der Waals surface area (Å²) < 4.78 is 27.7. The van der Waals surface area contributed by atoms with Gasteiger partial charge in [0.25, 0.3) is 0 Å². The molecule has 0 heterocycles. The molecule has 0 bridgehead atoms. The first-order valence-electron chi connectivity index (χ1n) is 5.91. The molecule has 1 N–H and O–H groups in total. The summed E-state index contributed by atoms with van der Waals surface area (Å²) in [5, 5.41) is 3.10. The van der Waals surface area contributed by atoms with Crippen LogP contribution >= 0.6 is 0 Å². The summed E-state index contributed by atoms with van der Waals surface area (Å²) in [6, 6.07) is 9.53. The number of hydrogen-bond donors (Lipinski definition) is 1. The van der Waals surface area contributed by atoms with Crippen molar-refractivity contribution in [3.8, 4) is 5.75 Å². The Labute approximate surface area is 109 Å². The van der Waals surface area contributed by atoms with Gasteiger partial charge in [0.1, 0.15) is 12.4 Å². The number of sulfone groups is 1. The van der Waals surface area contributed by atoms with Gasteiger partial charge in [-0.3, -0.25) is 0 Å². The molecule has 0 spiro atoms. The lowest BCUT2D eigenvalue weighted by Crippen LogP contribution is -2.42. The number of rotatable bonds is 7. The van der Waals surface area contributed by atoms with E-state index in [1.54, 1.807) is 13.8 Å². The maximum atomic E-state index is 11.5. The molecule has 102 valence electrons. The summed E-state index contributed by atoms with van der Waals surface area (Å²) in [4.78, 5) is 0. The monoisotopic (exact) mass is 271 g/mol. The SMILES string of the molecule is CC(C)(CNCCOc1ccccc1)S(C)(=O)=O. The fourth-order valence-corrected chi connectivity index (χ4v) is 1.64. The highest BCUT2D eigenvalue weighted by atomic mass is 32.2. The maximum absolute atomic E-state index is 11.5. The van der Waals surface area contributed by atoms with Crippen LogP contribution in [0.3, 0.4) is 0 Å². The zero-order valence-corrected chi connectivity index (χ0v) is 12.0. The van der Waals surface area contributed by atoms with Gasteiger partial charge in [-0.15, -0.1) is 0 Å².